The number of carbonyl (C=O) groups is 3. The zero-order valence-electron chi connectivity index (χ0n) is 10.6. The lowest BCUT2D eigenvalue weighted by molar-refractivity contribution is -0.146. The third-order valence-electron chi connectivity index (χ3n) is 2.03. The Kier molecular flexibility index (Phi) is 9.10. The van der Waals surface area contributed by atoms with Crippen LogP contribution in [0.15, 0.2) is 0 Å². The van der Waals surface area contributed by atoms with Gasteiger partial charge in [-0.2, -0.15) is 0 Å². The zero-order valence-corrected chi connectivity index (χ0v) is 10.6. The fraction of sp³-hybridized carbons (Fsp3) is 0.700. The molecule has 9 nitrogen and oxygen atoms in total. The Morgan fingerprint density at radius 1 is 1.16 bits per heavy atom. The Labute approximate surface area is 110 Å². The molecule has 1 atom stereocenters. The summed E-state index contributed by atoms with van der Waals surface area (Å²) < 4.78 is 4.73. The van der Waals surface area contributed by atoms with Crippen LogP contribution in [-0.4, -0.2) is 67.6 Å². The molecule has 0 radical (unpaired) electrons. The van der Waals surface area contributed by atoms with Crippen LogP contribution in [0.2, 0.25) is 0 Å². The first-order chi connectivity index (χ1) is 8.97. The van der Waals surface area contributed by atoms with E-state index in [1.165, 1.54) is 7.11 Å². The molecule has 0 fully saturated rings. The molecule has 0 spiro atoms. The lowest BCUT2D eigenvalue weighted by Gasteiger charge is -2.09. The number of carbonyl (C=O) groups excluding carboxylic acids is 2. The number of amides is 3. The largest absolute Gasteiger partial charge is 0.479 e. The van der Waals surface area contributed by atoms with Gasteiger partial charge < -0.3 is 30.9 Å². The molecule has 1 unspecified atom stereocenters. The Morgan fingerprint density at radius 2 is 1.84 bits per heavy atom. The molecular weight excluding hydrogens is 258 g/mol. The summed E-state index contributed by atoms with van der Waals surface area (Å²) in [6, 6.07) is -0.612. The van der Waals surface area contributed by atoms with Gasteiger partial charge in [0.25, 0.3) is 0 Å². The van der Waals surface area contributed by atoms with Crippen LogP contribution in [0.1, 0.15) is 6.42 Å². The van der Waals surface area contributed by atoms with E-state index in [1.807, 2.05) is 0 Å². The smallest absolute Gasteiger partial charge is 0.332 e. The lowest BCUT2D eigenvalue weighted by atomic mass is 10.2. The molecule has 5 N–H and O–H groups in total. The zero-order chi connectivity index (χ0) is 14.7. The number of aliphatic carboxylic acids is 1. The topological polar surface area (TPSA) is 137 Å². The average molecular weight is 277 g/mol. The van der Waals surface area contributed by atoms with Gasteiger partial charge >= 0.3 is 12.0 Å². The van der Waals surface area contributed by atoms with E-state index in [0.717, 1.165) is 0 Å². The van der Waals surface area contributed by atoms with Crippen molar-refractivity contribution in [3.05, 3.63) is 0 Å². The summed E-state index contributed by atoms with van der Waals surface area (Å²) in [6.45, 7) is 0.524. The molecule has 0 saturated carbocycles. The maximum absolute atomic E-state index is 11.2. The number of urea groups is 1. The van der Waals surface area contributed by atoms with E-state index in [0.29, 0.717) is 13.2 Å². The number of aliphatic hydroxyl groups is 1. The summed E-state index contributed by atoms with van der Waals surface area (Å²) in [5.41, 5.74) is 0. The molecule has 0 rings (SSSR count). The fourth-order valence-electron chi connectivity index (χ4n) is 1.02. The minimum absolute atomic E-state index is 0.00933. The van der Waals surface area contributed by atoms with Gasteiger partial charge in [-0.25, -0.2) is 9.59 Å². The second kappa shape index (κ2) is 10.1. The molecule has 0 heterocycles. The summed E-state index contributed by atoms with van der Waals surface area (Å²) in [6.07, 6.45) is -1.62. The summed E-state index contributed by atoms with van der Waals surface area (Å²) in [7, 11) is 1.50. The number of rotatable bonds is 9. The van der Waals surface area contributed by atoms with E-state index in [-0.39, 0.29) is 25.4 Å². The number of hydrogen-bond acceptors (Lipinski definition) is 5. The molecule has 0 aliphatic heterocycles. The van der Waals surface area contributed by atoms with Crippen LogP contribution in [0.5, 0.6) is 0 Å². The molecule has 0 bridgehead atoms. The maximum atomic E-state index is 11.2. The predicted octanol–water partition coefficient (Wildman–Crippen LogP) is -2.12. The Hall–Kier alpha value is -1.87. The molecule has 110 valence electrons. The highest BCUT2D eigenvalue weighted by Crippen LogP contribution is 1.88. The van der Waals surface area contributed by atoms with Gasteiger partial charge in [0.15, 0.2) is 6.10 Å². The van der Waals surface area contributed by atoms with Gasteiger partial charge in [-0.05, 0) is 0 Å². The van der Waals surface area contributed by atoms with Crippen molar-refractivity contribution in [1.82, 2.24) is 16.0 Å². The minimum atomic E-state index is -1.52. The van der Waals surface area contributed by atoms with Crippen molar-refractivity contribution >= 4 is 17.9 Å². The number of carboxylic acids is 1. The molecular formula is C10H19N3O6. The first kappa shape index (κ1) is 17.1. The number of carboxylic acid groups (broad SMARTS) is 1. The van der Waals surface area contributed by atoms with E-state index in [2.05, 4.69) is 16.0 Å². The molecule has 3 amide bonds. The third-order valence-corrected chi connectivity index (χ3v) is 2.03. The third kappa shape index (κ3) is 9.80. The molecule has 0 aromatic heterocycles. The Bertz CT molecular complexity index is 310. The van der Waals surface area contributed by atoms with Crippen molar-refractivity contribution in [3.8, 4) is 0 Å². The van der Waals surface area contributed by atoms with Crippen LogP contribution in [-0.2, 0) is 14.3 Å². The fourth-order valence-corrected chi connectivity index (χ4v) is 1.02. The molecule has 0 aliphatic carbocycles. The standard InChI is InChI=1S/C10H19N3O6/c1-19-5-4-11-8(15)6-13-10(18)12-3-2-7(14)9(16)17/h7,14H,2-6H2,1H3,(H,11,15)(H,16,17)(H2,12,13,18). The van der Waals surface area contributed by atoms with E-state index < -0.39 is 18.1 Å². The van der Waals surface area contributed by atoms with E-state index in [4.69, 9.17) is 14.9 Å². The molecule has 0 aliphatic rings. The van der Waals surface area contributed by atoms with E-state index in [1.54, 1.807) is 0 Å². The highest BCUT2D eigenvalue weighted by molar-refractivity contribution is 5.83. The summed E-state index contributed by atoms with van der Waals surface area (Å²) >= 11 is 0. The van der Waals surface area contributed by atoms with Gasteiger partial charge in [0.1, 0.15) is 0 Å². The first-order valence-electron chi connectivity index (χ1n) is 5.65. The van der Waals surface area contributed by atoms with Crippen LogP contribution in [0.3, 0.4) is 0 Å². The van der Waals surface area contributed by atoms with Crippen LogP contribution in [0.4, 0.5) is 4.79 Å². The van der Waals surface area contributed by atoms with Crippen LogP contribution in [0.25, 0.3) is 0 Å². The van der Waals surface area contributed by atoms with Crippen molar-refractivity contribution in [2.45, 2.75) is 12.5 Å². The van der Waals surface area contributed by atoms with Crippen LogP contribution >= 0.6 is 0 Å². The number of nitrogens with one attached hydrogen (secondary N) is 3. The SMILES string of the molecule is COCCNC(=O)CNC(=O)NCCC(O)C(=O)O. The Balaban J connectivity index is 3.59. The maximum Gasteiger partial charge on any atom is 0.332 e. The number of ether oxygens (including phenoxy) is 1. The molecule has 9 heteroatoms. The van der Waals surface area contributed by atoms with Crippen LogP contribution < -0.4 is 16.0 Å². The predicted molar refractivity (Wildman–Crippen MR) is 64.5 cm³/mol. The highest BCUT2D eigenvalue weighted by Gasteiger charge is 2.12. The van der Waals surface area contributed by atoms with Crippen molar-refractivity contribution in [2.24, 2.45) is 0 Å². The second-order valence-corrected chi connectivity index (χ2v) is 3.59. The van der Waals surface area contributed by atoms with Crippen LogP contribution in [0, 0.1) is 0 Å². The molecule has 0 aromatic carbocycles. The van der Waals surface area contributed by atoms with Gasteiger partial charge in [-0.15, -0.1) is 0 Å². The summed E-state index contributed by atoms with van der Waals surface area (Å²) in [5.74, 6) is -1.71. The minimum Gasteiger partial charge on any atom is -0.479 e. The first-order valence-corrected chi connectivity index (χ1v) is 5.65. The number of methoxy groups -OCH3 is 1. The second-order valence-electron chi connectivity index (χ2n) is 3.59. The van der Waals surface area contributed by atoms with Gasteiger partial charge in [-0.1, -0.05) is 0 Å². The van der Waals surface area contributed by atoms with Gasteiger partial charge in [0.05, 0.1) is 13.2 Å². The van der Waals surface area contributed by atoms with Crippen molar-refractivity contribution in [3.63, 3.8) is 0 Å². The van der Waals surface area contributed by atoms with Crippen molar-refractivity contribution in [2.75, 3.05) is 33.4 Å². The summed E-state index contributed by atoms with van der Waals surface area (Å²) in [4.78, 5) is 32.6. The Morgan fingerprint density at radius 3 is 2.42 bits per heavy atom. The molecule has 0 saturated heterocycles. The normalized spacial score (nSPS) is 11.5. The van der Waals surface area contributed by atoms with Crippen molar-refractivity contribution < 1.29 is 29.3 Å². The van der Waals surface area contributed by atoms with Gasteiger partial charge in [0, 0.05) is 26.6 Å². The van der Waals surface area contributed by atoms with E-state index >= 15 is 0 Å². The van der Waals surface area contributed by atoms with Gasteiger partial charge in [-0.3, -0.25) is 4.79 Å². The summed E-state index contributed by atoms with van der Waals surface area (Å²) in [5, 5.41) is 24.4. The van der Waals surface area contributed by atoms with Crippen molar-refractivity contribution in [1.29, 1.82) is 0 Å². The highest BCUT2D eigenvalue weighted by atomic mass is 16.5. The van der Waals surface area contributed by atoms with E-state index in [9.17, 15) is 14.4 Å². The van der Waals surface area contributed by atoms with Gasteiger partial charge in [0.2, 0.25) is 5.91 Å². The molecule has 19 heavy (non-hydrogen) atoms. The number of aliphatic hydroxyl groups excluding tert-OH is 1. The molecule has 0 aromatic rings. The monoisotopic (exact) mass is 277 g/mol. The quantitative estimate of drug-likeness (QED) is 0.306. The average Bonchev–Trinajstić information content (AvgIpc) is 2.36. The lowest BCUT2D eigenvalue weighted by Crippen LogP contribution is -2.43. The number of hydrogen-bond donors (Lipinski definition) is 5.